The Bertz CT molecular complexity index is 122. The fourth-order valence-corrected chi connectivity index (χ4v) is 0.849. The Balaban J connectivity index is 3.74. The number of hydrogen-bond donors (Lipinski definition) is 0. The molecule has 0 fully saturated rings. The second kappa shape index (κ2) is 3.39. The summed E-state index contributed by atoms with van der Waals surface area (Å²) in [5.41, 5.74) is -0.627. The summed E-state index contributed by atoms with van der Waals surface area (Å²) in [7, 11) is 0. The van der Waals surface area contributed by atoms with Crippen molar-refractivity contribution in [3.8, 4) is 0 Å². The van der Waals surface area contributed by atoms with Crippen LogP contribution in [0.25, 0.3) is 0 Å². The lowest BCUT2D eigenvalue weighted by Crippen LogP contribution is -2.26. The quantitative estimate of drug-likeness (QED) is 0.449. The molecule has 0 aliphatic carbocycles. The second-order valence-electron chi connectivity index (χ2n) is 2.82. The molecule has 0 aromatic carbocycles. The lowest BCUT2D eigenvalue weighted by atomic mass is 10.0. The first kappa shape index (κ1) is 9.20. The zero-order chi connectivity index (χ0) is 8.20. The van der Waals surface area contributed by atoms with Crippen molar-refractivity contribution in [3.05, 3.63) is 10.1 Å². The van der Waals surface area contributed by atoms with E-state index in [1.807, 2.05) is 6.92 Å². The zero-order valence-corrected chi connectivity index (χ0v) is 6.59. The van der Waals surface area contributed by atoms with Gasteiger partial charge in [0, 0.05) is 0 Å². The molecule has 0 aliphatic rings. The summed E-state index contributed by atoms with van der Waals surface area (Å²) in [6, 6.07) is 0. The molecule has 0 N–H and O–H groups in total. The van der Waals surface area contributed by atoms with E-state index in [0.717, 1.165) is 6.42 Å². The fraction of sp³-hybridized carbons (Fsp3) is 1.00. The van der Waals surface area contributed by atoms with Crippen LogP contribution in [0.1, 0.15) is 33.6 Å². The summed E-state index contributed by atoms with van der Waals surface area (Å²) in [4.78, 5) is 14.3. The third-order valence-corrected chi connectivity index (χ3v) is 1.17. The van der Waals surface area contributed by atoms with Gasteiger partial charge in [0.2, 0.25) is 0 Å². The topological polar surface area (TPSA) is 52.4 Å². The van der Waals surface area contributed by atoms with Crippen LogP contribution in [0, 0.1) is 10.1 Å². The van der Waals surface area contributed by atoms with Crippen LogP contribution in [0.4, 0.5) is 0 Å². The molecule has 0 rings (SSSR count). The van der Waals surface area contributed by atoms with Gasteiger partial charge in [-0.25, -0.2) is 0 Å². The maximum absolute atomic E-state index is 9.87. The molecule has 0 saturated carbocycles. The molecule has 10 heavy (non-hydrogen) atoms. The van der Waals surface area contributed by atoms with Gasteiger partial charge in [0.15, 0.2) is 0 Å². The molecule has 0 radical (unpaired) electrons. The van der Waals surface area contributed by atoms with Crippen molar-refractivity contribution in [3.63, 3.8) is 0 Å². The van der Waals surface area contributed by atoms with Crippen molar-refractivity contribution in [1.82, 2.24) is 0 Å². The van der Waals surface area contributed by atoms with Crippen LogP contribution in [0.5, 0.6) is 0 Å². The molecule has 0 unspecified atom stereocenters. The summed E-state index contributed by atoms with van der Waals surface area (Å²) in [6.45, 7) is 5.38. The number of nitrogens with zero attached hydrogens (tertiary/aromatic N) is 1. The molecule has 4 nitrogen and oxygen atoms in total. The minimum absolute atomic E-state index is 0.627. The monoisotopic (exact) mass is 147 g/mol. The van der Waals surface area contributed by atoms with Gasteiger partial charge in [-0.05, 0) is 20.3 Å². The molecule has 0 spiro atoms. The first-order valence-corrected chi connectivity index (χ1v) is 3.31. The highest BCUT2D eigenvalue weighted by Gasteiger charge is 2.20. The first-order chi connectivity index (χ1) is 4.48. The molecular formula is C6H13NO3. The van der Waals surface area contributed by atoms with Gasteiger partial charge in [0.1, 0.15) is 5.60 Å². The van der Waals surface area contributed by atoms with Crippen molar-refractivity contribution >= 4 is 0 Å². The molecule has 0 amide bonds. The van der Waals surface area contributed by atoms with Crippen LogP contribution >= 0.6 is 0 Å². The molecule has 0 aromatic heterocycles. The third-order valence-electron chi connectivity index (χ3n) is 1.17. The van der Waals surface area contributed by atoms with Gasteiger partial charge in [-0.3, -0.25) is 0 Å². The van der Waals surface area contributed by atoms with E-state index in [2.05, 4.69) is 4.84 Å². The van der Waals surface area contributed by atoms with Crippen molar-refractivity contribution < 1.29 is 9.92 Å². The smallest absolute Gasteiger partial charge is 0.295 e. The van der Waals surface area contributed by atoms with E-state index >= 15 is 0 Å². The van der Waals surface area contributed by atoms with Gasteiger partial charge in [-0.2, -0.15) is 0 Å². The average molecular weight is 147 g/mol. The van der Waals surface area contributed by atoms with E-state index in [-0.39, 0.29) is 0 Å². The summed E-state index contributed by atoms with van der Waals surface area (Å²) < 4.78 is 0. The minimum Gasteiger partial charge on any atom is -0.308 e. The van der Waals surface area contributed by atoms with Gasteiger partial charge in [0.05, 0.1) is 0 Å². The van der Waals surface area contributed by atoms with Gasteiger partial charge in [-0.15, -0.1) is 10.1 Å². The molecule has 0 aliphatic heterocycles. The summed E-state index contributed by atoms with van der Waals surface area (Å²) in [5, 5.41) is 9.13. The van der Waals surface area contributed by atoms with Crippen LogP contribution in [0.3, 0.4) is 0 Å². The van der Waals surface area contributed by atoms with E-state index in [9.17, 15) is 10.1 Å². The lowest BCUT2D eigenvalue weighted by molar-refractivity contribution is -0.779. The van der Waals surface area contributed by atoms with Crippen LogP contribution in [0.2, 0.25) is 0 Å². The Kier molecular flexibility index (Phi) is 3.12. The van der Waals surface area contributed by atoms with Crippen molar-refractivity contribution in [2.75, 3.05) is 0 Å². The molecule has 4 heteroatoms. The van der Waals surface area contributed by atoms with Crippen molar-refractivity contribution in [2.45, 2.75) is 39.2 Å². The zero-order valence-electron chi connectivity index (χ0n) is 6.59. The van der Waals surface area contributed by atoms with Crippen molar-refractivity contribution in [2.24, 2.45) is 0 Å². The van der Waals surface area contributed by atoms with Crippen LogP contribution in [0.15, 0.2) is 0 Å². The second-order valence-corrected chi connectivity index (χ2v) is 2.82. The average Bonchev–Trinajstić information content (AvgIpc) is 1.59. The highest BCUT2D eigenvalue weighted by molar-refractivity contribution is 4.64. The molecule has 0 aromatic rings. The maximum Gasteiger partial charge on any atom is 0.295 e. The van der Waals surface area contributed by atoms with E-state index in [1.54, 1.807) is 13.8 Å². The van der Waals surface area contributed by atoms with Gasteiger partial charge < -0.3 is 4.84 Å². The molecule has 0 saturated heterocycles. The molecule has 0 bridgehead atoms. The normalized spacial score (nSPS) is 11.1. The minimum atomic E-state index is -0.740. The summed E-state index contributed by atoms with van der Waals surface area (Å²) in [6.07, 6.45) is 1.59. The Morgan fingerprint density at radius 2 is 2.10 bits per heavy atom. The molecular weight excluding hydrogens is 134 g/mol. The molecule has 0 atom stereocenters. The standard InChI is InChI=1S/C6H13NO3/c1-4-5-6(2,3)10-7(8)9/h4-5H2,1-3H3. The number of rotatable bonds is 4. The van der Waals surface area contributed by atoms with Crippen LogP contribution in [-0.4, -0.2) is 10.7 Å². The highest BCUT2D eigenvalue weighted by Crippen LogP contribution is 2.15. The predicted octanol–water partition coefficient (Wildman–Crippen LogP) is 1.77. The van der Waals surface area contributed by atoms with Crippen LogP contribution in [-0.2, 0) is 4.84 Å². The molecule has 0 heterocycles. The maximum atomic E-state index is 9.87. The van der Waals surface area contributed by atoms with E-state index in [0.29, 0.717) is 6.42 Å². The summed E-state index contributed by atoms with van der Waals surface area (Å²) in [5.74, 6) is 0. The third kappa shape index (κ3) is 4.12. The number of hydrogen-bond acceptors (Lipinski definition) is 3. The fourth-order valence-electron chi connectivity index (χ4n) is 0.849. The Morgan fingerprint density at radius 1 is 1.60 bits per heavy atom. The largest absolute Gasteiger partial charge is 0.308 e. The predicted molar refractivity (Wildman–Crippen MR) is 37.1 cm³/mol. The van der Waals surface area contributed by atoms with Crippen molar-refractivity contribution in [1.29, 1.82) is 0 Å². The van der Waals surface area contributed by atoms with E-state index in [4.69, 9.17) is 0 Å². The van der Waals surface area contributed by atoms with E-state index in [1.165, 1.54) is 0 Å². The Hall–Kier alpha value is -0.800. The first-order valence-electron chi connectivity index (χ1n) is 3.31. The van der Waals surface area contributed by atoms with Crippen LogP contribution < -0.4 is 0 Å². The van der Waals surface area contributed by atoms with Gasteiger partial charge in [0.25, 0.3) is 5.09 Å². The Labute approximate surface area is 60.3 Å². The highest BCUT2D eigenvalue weighted by atomic mass is 17.0. The molecule has 60 valence electrons. The Morgan fingerprint density at radius 3 is 2.40 bits per heavy atom. The van der Waals surface area contributed by atoms with E-state index < -0.39 is 10.7 Å². The SMILES string of the molecule is CCCC(C)(C)O[N+](=O)[O-]. The van der Waals surface area contributed by atoms with Gasteiger partial charge in [-0.1, -0.05) is 13.3 Å². The summed E-state index contributed by atoms with van der Waals surface area (Å²) >= 11 is 0. The lowest BCUT2D eigenvalue weighted by Gasteiger charge is -2.20. The van der Waals surface area contributed by atoms with Gasteiger partial charge >= 0.3 is 0 Å².